The minimum absolute atomic E-state index is 0.0285. The normalized spacial score (nSPS) is 14.8. The third-order valence-electron chi connectivity index (χ3n) is 5.10. The van der Waals surface area contributed by atoms with Gasteiger partial charge >= 0.3 is 6.03 Å². The number of carbonyl (C=O) groups excluding carboxylic acids is 3. The Balaban J connectivity index is 1.64. The van der Waals surface area contributed by atoms with Crippen molar-refractivity contribution in [2.24, 2.45) is 0 Å². The van der Waals surface area contributed by atoms with Crippen LogP contribution in [0.3, 0.4) is 0 Å². The van der Waals surface area contributed by atoms with E-state index < -0.39 is 17.8 Å². The number of urea groups is 1. The molecule has 4 amide bonds. The van der Waals surface area contributed by atoms with E-state index in [0.717, 1.165) is 10.5 Å². The summed E-state index contributed by atoms with van der Waals surface area (Å²) in [6.45, 7) is 0.194. The molecule has 0 aromatic heterocycles. The van der Waals surface area contributed by atoms with Gasteiger partial charge < -0.3 is 14.6 Å². The lowest BCUT2D eigenvalue weighted by atomic mass is 10.1. The number of phenols is 1. The quantitative estimate of drug-likeness (QED) is 0.324. The number of nitrogens with one attached hydrogen (secondary N) is 1. The summed E-state index contributed by atoms with van der Waals surface area (Å²) in [6.07, 6.45) is 1.35. The number of methoxy groups -OCH3 is 1. The van der Waals surface area contributed by atoms with E-state index in [1.165, 1.54) is 37.5 Å². The number of halogens is 2. The molecule has 35 heavy (non-hydrogen) atoms. The zero-order chi connectivity index (χ0) is 25.1. The molecular formula is C25H18BrClN2O6. The van der Waals surface area contributed by atoms with E-state index in [1.54, 1.807) is 18.2 Å². The van der Waals surface area contributed by atoms with Gasteiger partial charge in [0.1, 0.15) is 17.9 Å². The number of imide groups is 2. The van der Waals surface area contributed by atoms with Gasteiger partial charge in [-0.15, -0.1) is 0 Å². The molecule has 2 N–H and O–H groups in total. The smallest absolute Gasteiger partial charge is 0.335 e. The molecule has 8 nitrogen and oxygen atoms in total. The SMILES string of the molecule is COc1cc(/C=C2\C(=O)NC(=O)N(c3ccc(O)cc3)C2=O)cc(Br)c1OCc1ccccc1Cl. The van der Waals surface area contributed by atoms with Crippen molar-refractivity contribution in [1.82, 2.24) is 5.32 Å². The van der Waals surface area contributed by atoms with Crippen LogP contribution in [0.4, 0.5) is 10.5 Å². The number of ether oxygens (including phenoxy) is 2. The number of amides is 4. The van der Waals surface area contributed by atoms with E-state index in [-0.39, 0.29) is 23.6 Å². The number of aromatic hydroxyl groups is 1. The monoisotopic (exact) mass is 556 g/mol. The van der Waals surface area contributed by atoms with Gasteiger partial charge in [0.05, 0.1) is 17.3 Å². The Labute approximate surface area is 213 Å². The van der Waals surface area contributed by atoms with Crippen molar-refractivity contribution in [2.45, 2.75) is 6.61 Å². The van der Waals surface area contributed by atoms with Crippen molar-refractivity contribution in [1.29, 1.82) is 0 Å². The Morgan fingerprint density at radius 1 is 1.09 bits per heavy atom. The number of carbonyl (C=O) groups is 3. The van der Waals surface area contributed by atoms with Crippen LogP contribution in [0.2, 0.25) is 5.02 Å². The van der Waals surface area contributed by atoms with Crippen LogP contribution in [0.1, 0.15) is 11.1 Å². The molecular weight excluding hydrogens is 540 g/mol. The number of phenolic OH excluding ortho intramolecular Hbond substituents is 1. The van der Waals surface area contributed by atoms with Gasteiger partial charge in [0, 0.05) is 10.6 Å². The fourth-order valence-corrected chi connectivity index (χ4v) is 4.15. The first-order chi connectivity index (χ1) is 16.8. The molecule has 178 valence electrons. The average molecular weight is 558 g/mol. The van der Waals surface area contributed by atoms with Crippen molar-refractivity contribution in [3.8, 4) is 17.2 Å². The summed E-state index contributed by atoms with van der Waals surface area (Å²) in [5, 5.41) is 12.2. The molecule has 4 rings (SSSR count). The van der Waals surface area contributed by atoms with Crippen molar-refractivity contribution >= 4 is 57.1 Å². The van der Waals surface area contributed by atoms with Gasteiger partial charge in [0.25, 0.3) is 11.8 Å². The molecule has 1 heterocycles. The Bertz CT molecular complexity index is 1360. The number of anilines is 1. The van der Waals surface area contributed by atoms with Gasteiger partial charge in [-0.2, -0.15) is 0 Å². The second-order valence-corrected chi connectivity index (χ2v) is 8.65. The van der Waals surface area contributed by atoms with Crippen LogP contribution >= 0.6 is 27.5 Å². The minimum atomic E-state index is -0.884. The van der Waals surface area contributed by atoms with E-state index in [4.69, 9.17) is 21.1 Å². The summed E-state index contributed by atoms with van der Waals surface area (Å²) in [7, 11) is 1.46. The lowest BCUT2D eigenvalue weighted by Crippen LogP contribution is -2.54. The van der Waals surface area contributed by atoms with Crippen LogP contribution in [-0.2, 0) is 16.2 Å². The van der Waals surface area contributed by atoms with Crippen LogP contribution in [0.5, 0.6) is 17.2 Å². The molecule has 0 unspecified atom stereocenters. The Morgan fingerprint density at radius 2 is 1.80 bits per heavy atom. The van der Waals surface area contributed by atoms with Crippen molar-refractivity contribution < 1.29 is 29.0 Å². The van der Waals surface area contributed by atoms with Crippen LogP contribution < -0.4 is 19.7 Å². The first kappa shape index (κ1) is 24.3. The maximum absolute atomic E-state index is 13.1. The fourth-order valence-electron chi connectivity index (χ4n) is 3.39. The molecule has 1 aliphatic rings. The molecule has 1 aliphatic heterocycles. The predicted octanol–water partition coefficient (Wildman–Crippen LogP) is 5.06. The van der Waals surface area contributed by atoms with Gasteiger partial charge in [-0.3, -0.25) is 14.9 Å². The van der Waals surface area contributed by atoms with Crippen LogP contribution in [0, 0.1) is 0 Å². The lowest BCUT2D eigenvalue weighted by Gasteiger charge is -2.26. The number of nitrogens with zero attached hydrogens (tertiary/aromatic N) is 1. The van der Waals surface area contributed by atoms with E-state index in [1.807, 2.05) is 18.2 Å². The van der Waals surface area contributed by atoms with Gasteiger partial charge in [-0.05, 0) is 70.0 Å². The summed E-state index contributed by atoms with van der Waals surface area (Å²) in [5.74, 6) is -0.898. The summed E-state index contributed by atoms with van der Waals surface area (Å²) in [5.41, 5.74) is 1.19. The molecule has 3 aromatic rings. The predicted molar refractivity (Wildman–Crippen MR) is 134 cm³/mol. The molecule has 10 heteroatoms. The maximum atomic E-state index is 13.1. The van der Waals surface area contributed by atoms with Crippen LogP contribution in [0.25, 0.3) is 6.08 Å². The molecule has 0 atom stereocenters. The first-order valence-corrected chi connectivity index (χ1v) is 11.4. The highest BCUT2D eigenvalue weighted by atomic mass is 79.9. The van der Waals surface area contributed by atoms with Crippen molar-refractivity contribution in [3.05, 3.63) is 86.9 Å². The van der Waals surface area contributed by atoms with Gasteiger partial charge in [0.2, 0.25) is 0 Å². The van der Waals surface area contributed by atoms with E-state index >= 15 is 0 Å². The van der Waals surface area contributed by atoms with Crippen LogP contribution in [-0.4, -0.2) is 30.1 Å². The third-order valence-corrected chi connectivity index (χ3v) is 6.06. The second-order valence-electron chi connectivity index (χ2n) is 7.39. The molecule has 1 fully saturated rings. The number of benzene rings is 3. The molecule has 0 aliphatic carbocycles. The van der Waals surface area contributed by atoms with Crippen molar-refractivity contribution in [2.75, 3.05) is 12.0 Å². The maximum Gasteiger partial charge on any atom is 0.335 e. The summed E-state index contributed by atoms with van der Waals surface area (Å²) >= 11 is 9.65. The van der Waals surface area contributed by atoms with E-state index in [0.29, 0.717) is 26.6 Å². The molecule has 0 radical (unpaired) electrons. The highest BCUT2D eigenvalue weighted by Crippen LogP contribution is 2.38. The molecule has 3 aromatic carbocycles. The zero-order valence-electron chi connectivity index (χ0n) is 18.2. The van der Waals surface area contributed by atoms with Crippen LogP contribution in [0.15, 0.2) is 70.7 Å². The van der Waals surface area contributed by atoms with Gasteiger partial charge in [-0.1, -0.05) is 29.8 Å². The Hall–Kier alpha value is -3.82. The summed E-state index contributed by atoms with van der Waals surface area (Å²) < 4.78 is 11.9. The molecule has 1 saturated heterocycles. The standard InChI is InChI=1S/C25H18BrClN2O6/c1-34-21-12-14(11-19(26)22(21)35-13-15-4-2-3-5-20(15)27)10-18-23(31)28-25(33)29(24(18)32)16-6-8-17(30)9-7-16/h2-12,30H,13H2,1H3,(H,28,31,33)/b18-10+. The number of barbiturate groups is 1. The lowest BCUT2D eigenvalue weighted by molar-refractivity contribution is -0.122. The number of hydrogen-bond donors (Lipinski definition) is 2. The summed E-state index contributed by atoms with van der Waals surface area (Å²) in [6, 6.07) is 15.1. The molecule has 0 saturated carbocycles. The molecule has 0 spiro atoms. The average Bonchev–Trinajstić information content (AvgIpc) is 2.83. The Morgan fingerprint density at radius 3 is 2.49 bits per heavy atom. The number of rotatable bonds is 6. The second kappa shape index (κ2) is 10.2. The zero-order valence-corrected chi connectivity index (χ0v) is 20.6. The third kappa shape index (κ3) is 5.16. The fraction of sp³-hybridized carbons (Fsp3) is 0.0800. The van der Waals surface area contributed by atoms with E-state index in [9.17, 15) is 19.5 Å². The highest BCUT2D eigenvalue weighted by Gasteiger charge is 2.36. The largest absolute Gasteiger partial charge is 0.508 e. The van der Waals surface area contributed by atoms with Gasteiger partial charge in [-0.25, -0.2) is 9.69 Å². The number of hydrogen-bond acceptors (Lipinski definition) is 6. The van der Waals surface area contributed by atoms with Gasteiger partial charge in [0.15, 0.2) is 11.5 Å². The summed E-state index contributed by atoms with van der Waals surface area (Å²) in [4.78, 5) is 38.7. The Kier molecular flexibility index (Phi) is 7.09. The molecule has 0 bridgehead atoms. The highest BCUT2D eigenvalue weighted by molar-refractivity contribution is 9.10. The first-order valence-electron chi connectivity index (χ1n) is 10.2. The topological polar surface area (TPSA) is 105 Å². The van der Waals surface area contributed by atoms with Crippen molar-refractivity contribution in [3.63, 3.8) is 0 Å². The minimum Gasteiger partial charge on any atom is -0.508 e. The van der Waals surface area contributed by atoms with E-state index in [2.05, 4.69) is 21.2 Å².